The van der Waals surface area contributed by atoms with Crippen LogP contribution in [0.4, 0.5) is 0 Å². The van der Waals surface area contributed by atoms with Crippen molar-refractivity contribution < 1.29 is 19.1 Å². The Kier molecular flexibility index (Phi) is 4.45. The van der Waals surface area contributed by atoms with Crippen LogP contribution in [0.25, 0.3) is 11.6 Å². The van der Waals surface area contributed by atoms with Crippen molar-refractivity contribution in [2.24, 2.45) is 5.92 Å². The van der Waals surface area contributed by atoms with E-state index in [1.807, 2.05) is 0 Å². The first-order chi connectivity index (χ1) is 11.2. The summed E-state index contributed by atoms with van der Waals surface area (Å²) in [5, 5.41) is 0. The maximum absolute atomic E-state index is 6.11. The Morgan fingerprint density at radius 3 is 2.48 bits per heavy atom. The van der Waals surface area contributed by atoms with Crippen LogP contribution in [-0.2, 0) is 25.5 Å². The van der Waals surface area contributed by atoms with Crippen LogP contribution in [0, 0.1) is 5.92 Å². The van der Waals surface area contributed by atoms with Crippen molar-refractivity contribution in [3.8, 4) is 0 Å². The third-order valence-corrected chi connectivity index (χ3v) is 10.8. The average molecular weight is 505 g/mol. The molecule has 23 heavy (non-hydrogen) atoms. The third-order valence-electron chi connectivity index (χ3n) is 4.50. The second-order valence-corrected chi connectivity index (χ2v) is 17.7. The molecule has 0 N–H and O–H groups in total. The Morgan fingerprint density at radius 2 is 1.74 bits per heavy atom. The fourth-order valence-electron chi connectivity index (χ4n) is 3.24. The molecule has 2 aliphatic rings. The molecule has 2 aliphatic carbocycles. The number of hydrogen-bond acceptors (Lipinski definition) is 0. The standard InChI is InChI=1S/C20H15.2ClH.Hf/c1-2-6-15(7-3-1)18-10-11-19(12-18)20-13-16-8-4-5-9-17(16)14-20;;;/h2-13,19H,14H2;2*1H;/q;;;+2/p-2. The predicted octanol–water partition coefficient (Wildman–Crippen LogP) is 5.45. The van der Waals surface area contributed by atoms with Crippen LogP contribution >= 0.6 is 17.2 Å². The Balaban J connectivity index is 1.56. The van der Waals surface area contributed by atoms with Gasteiger partial charge in [-0.25, -0.2) is 0 Å². The van der Waals surface area contributed by atoms with Gasteiger partial charge in [0.25, 0.3) is 0 Å². The molecule has 0 aromatic heterocycles. The molecule has 0 nitrogen and oxygen atoms in total. The van der Waals surface area contributed by atoms with Gasteiger partial charge < -0.3 is 0 Å². The van der Waals surface area contributed by atoms with E-state index in [0.29, 0.717) is 5.92 Å². The van der Waals surface area contributed by atoms with Crippen molar-refractivity contribution >= 4 is 32.1 Å². The van der Waals surface area contributed by atoms with Gasteiger partial charge >= 0.3 is 153 Å². The molecule has 2 aromatic rings. The number of rotatable bonds is 3. The first-order valence-corrected chi connectivity index (χ1v) is 18.4. The van der Waals surface area contributed by atoms with Crippen LogP contribution < -0.4 is 3.32 Å². The van der Waals surface area contributed by atoms with Crippen molar-refractivity contribution in [1.29, 1.82) is 0 Å². The first-order valence-electron chi connectivity index (χ1n) is 7.68. The van der Waals surface area contributed by atoms with E-state index in [1.54, 1.807) is 0 Å². The fraction of sp³-hybridized carbons (Fsp3) is 0.100. The molecule has 0 saturated heterocycles. The van der Waals surface area contributed by atoms with E-state index >= 15 is 0 Å². The summed E-state index contributed by atoms with van der Waals surface area (Å²) in [6.45, 7) is 0. The monoisotopic (exact) mass is 505 g/mol. The van der Waals surface area contributed by atoms with Crippen LogP contribution in [0.15, 0.2) is 72.3 Å². The Bertz CT molecular complexity index is 829. The molecule has 0 radical (unpaired) electrons. The van der Waals surface area contributed by atoms with Crippen LogP contribution in [-0.4, -0.2) is 0 Å². The summed E-state index contributed by atoms with van der Waals surface area (Å²) in [7, 11) is 12.2. The van der Waals surface area contributed by atoms with Crippen molar-refractivity contribution in [2.75, 3.05) is 0 Å². The summed E-state index contributed by atoms with van der Waals surface area (Å²) >= 11 is -2.43. The SMILES string of the molecule is [Cl][Hf]([Cl])[c]1ccc(C2=CC(C3=Cc4ccccc4C3)C=C2)cc1. The summed E-state index contributed by atoms with van der Waals surface area (Å²) in [6, 6.07) is 17.1. The van der Waals surface area contributed by atoms with E-state index in [9.17, 15) is 0 Å². The number of halogens is 2. The second kappa shape index (κ2) is 6.55. The van der Waals surface area contributed by atoms with Gasteiger partial charge in [-0.15, -0.1) is 0 Å². The molecule has 113 valence electrons. The molecule has 0 amide bonds. The Labute approximate surface area is 151 Å². The minimum atomic E-state index is -2.43. The van der Waals surface area contributed by atoms with E-state index in [4.69, 9.17) is 17.2 Å². The molecule has 4 rings (SSSR count). The molecule has 0 fully saturated rings. The van der Waals surface area contributed by atoms with E-state index < -0.39 is 19.1 Å². The summed E-state index contributed by atoms with van der Waals surface area (Å²) in [5.41, 5.74) is 6.81. The van der Waals surface area contributed by atoms with Gasteiger partial charge in [-0.1, -0.05) is 0 Å². The quantitative estimate of drug-likeness (QED) is 0.488. The summed E-state index contributed by atoms with van der Waals surface area (Å²) in [4.78, 5) is 0. The molecule has 0 saturated carbocycles. The molecule has 1 unspecified atom stereocenters. The molecule has 3 heteroatoms. The summed E-state index contributed by atoms with van der Waals surface area (Å²) in [5.74, 6) is 0.408. The zero-order valence-corrected chi connectivity index (χ0v) is 17.6. The Hall–Kier alpha value is -0.890. The Morgan fingerprint density at radius 1 is 0.957 bits per heavy atom. The van der Waals surface area contributed by atoms with Gasteiger partial charge in [-0.3, -0.25) is 0 Å². The number of hydrogen-bond donors (Lipinski definition) is 0. The van der Waals surface area contributed by atoms with E-state index in [1.165, 1.54) is 27.8 Å². The second-order valence-electron chi connectivity index (χ2n) is 5.94. The topological polar surface area (TPSA) is 0 Å². The van der Waals surface area contributed by atoms with Crippen LogP contribution in [0.1, 0.15) is 16.7 Å². The number of benzene rings is 2. The fourth-order valence-corrected chi connectivity index (χ4v) is 6.81. The van der Waals surface area contributed by atoms with Gasteiger partial charge in [0.2, 0.25) is 0 Å². The molecule has 0 bridgehead atoms. The van der Waals surface area contributed by atoms with Gasteiger partial charge in [0.1, 0.15) is 0 Å². The maximum atomic E-state index is 6.11. The van der Waals surface area contributed by atoms with Crippen molar-refractivity contribution in [2.45, 2.75) is 6.42 Å². The zero-order chi connectivity index (χ0) is 15.8. The number of allylic oxidation sites excluding steroid dienone is 5. The molecule has 2 aromatic carbocycles. The average Bonchev–Trinajstić information content (AvgIpc) is 3.21. The van der Waals surface area contributed by atoms with Gasteiger partial charge in [0.05, 0.1) is 0 Å². The van der Waals surface area contributed by atoms with Crippen LogP contribution in [0.5, 0.6) is 0 Å². The van der Waals surface area contributed by atoms with Crippen LogP contribution in [0.2, 0.25) is 0 Å². The van der Waals surface area contributed by atoms with Crippen LogP contribution in [0.3, 0.4) is 0 Å². The van der Waals surface area contributed by atoms with E-state index in [-0.39, 0.29) is 0 Å². The normalized spacial score (nSPS) is 18.6. The number of fused-ring (bicyclic) bond motifs is 1. The van der Waals surface area contributed by atoms with Gasteiger partial charge in [0, 0.05) is 0 Å². The van der Waals surface area contributed by atoms with Crippen molar-refractivity contribution in [1.82, 2.24) is 0 Å². The van der Waals surface area contributed by atoms with E-state index in [2.05, 4.69) is 72.8 Å². The van der Waals surface area contributed by atoms with Gasteiger partial charge in [-0.2, -0.15) is 0 Å². The molecule has 0 spiro atoms. The molecule has 0 aliphatic heterocycles. The van der Waals surface area contributed by atoms with Gasteiger partial charge in [-0.05, 0) is 0 Å². The zero-order valence-electron chi connectivity index (χ0n) is 12.5. The first kappa shape index (κ1) is 15.6. The molecule has 1 atom stereocenters. The molecular weight excluding hydrogens is 490 g/mol. The molecule has 0 heterocycles. The minimum absolute atomic E-state index is 0.408. The third kappa shape index (κ3) is 3.20. The predicted molar refractivity (Wildman–Crippen MR) is 96.5 cm³/mol. The summed E-state index contributed by atoms with van der Waals surface area (Å²) < 4.78 is 1.15. The molecular formula is C20H15Cl2Hf. The van der Waals surface area contributed by atoms with Gasteiger partial charge in [0.15, 0.2) is 0 Å². The summed E-state index contributed by atoms with van der Waals surface area (Å²) in [6.07, 6.45) is 10.3. The van der Waals surface area contributed by atoms with E-state index in [0.717, 1.165) is 9.74 Å². The van der Waals surface area contributed by atoms with Crippen molar-refractivity contribution in [3.63, 3.8) is 0 Å². The van der Waals surface area contributed by atoms with Crippen molar-refractivity contribution in [3.05, 3.63) is 89.0 Å².